The van der Waals surface area contributed by atoms with Gasteiger partial charge in [-0.3, -0.25) is 0 Å². The predicted octanol–water partition coefficient (Wildman–Crippen LogP) is 13.8. The van der Waals surface area contributed by atoms with Crippen LogP contribution >= 0.6 is 11.3 Å². The van der Waals surface area contributed by atoms with Crippen molar-refractivity contribution < 1.29 is 0 Å². The Balaban J connectivity index is 1.05. The van der Waals surface area contributed by atoms with Gasteiger partial charge in [0.25, 0.3) is 0 Å². The van der Waals surface area contributed by atoms with Crippen LogP contribution in [0, 0.1) is 0 Å². The van der Waals surface area contributed by atoms with Crippen LogP contribution in [0.2, 0.25) is 0 Å². The molecule has 260 valence electrons. The Morgan fingerprint density at radius 3 is 1.52 bits per heavy atom. The number of benzene rings is 9. The summed E-state index contributed by atoms with van der Waals surface area (Å²) in [5, 5.41) is 12.1. The maximum atomic E-state index is 5.16. The van der Waals surface area contributed by atoms with Crippen molar-refractivity contribution in [1.29, 1.82) is 0 Å². The van der Waals surface area contributed by atoms with Crippen molar-refractivity contribution in [3.63, 3.8) is 0 Å². The zero-order valence-electron chi connectivity index (χ0n) is 30.0. The first-order valence-corrected chi connectivity index (χ1v) is 19.7. The van der Waals surface area contributed by atoms with Gasteiger partial charge in [-0.05, 0) is 74.8 Å². The molecule has 0 unspecified atom stereocenters. The summed E-state index contributed by atoms with van der Waals surface area (Å²) in [6, 6.07) is 65.1. The highest BCUT2D eigenvalue weighted by Crippen LogP contribution is 2.42. The quantitative estimate of drug-likeness (QED) is 0.181. The maximum Gasteiger partial charge on any atom is 0.164 e. The number of fused-ring (bicyclic) bond motifs is 9. The molecule has 0 aliphatic carbocycles. The summed E-state index contributed by atoms with van der Waals surface area (Å²) in [4.78, 5) is 15.4. The van der Waals surface area contributed by atoms with E-state index < -0.39 is 0 Å². The Morgan fingerprint density at radius 2 is 0.857 bits per heavy atom. The van der Waals surface area contributed by atoms with Crippen molar-refractivity contribution in [1.82, 2.24) is 19.5 Å². The van der Waals surface area contributed by atoms with Crippen molar-refractivity contribution in [2.45, 2.75) is 0 Å². The summed E-state index contributed by atoms with van der Waals surface area (Å²) in [5.41, 5.74) is 6.48. The molecule has 3 heterocycles. The Labute approximate surface area is 325 Å². The van der Waals surface area contributed by atoms with Gasteiger partial charge in [-0.2, -0.15) is 0 Å². The monoisotopic (exact) mass is 730 g/mol. The van der Waals surface area contributed by atoms with Gasteiger partial charge in [0.15, 0.2) is 17.5 Å². The van der Waals surface area contributed by atoms with Crippen molar-refractivity contribution in [2.24, 2.45) is 0 Å². The van der Waals surface area contributed by atoms with E-state index in [1.807, 2.05) is 11.3 Å². The molecule has 0 saturated carbocycles. The minimum atomic E-state index is 0.653. The van der Waals surface area contributed by atoms with Crippen molar-refractivity contribution in [2.75, 3.05) is 0 Å². The standard InChI is InChI=1S/C51H30N4S/c1-3-12-33-26-37(22-20-31(33)10-1)49-52-50(38-23-21-32-11-2-4-13-34(32)27-38)54-51(53-49)39-24-25-41-42-17-9-19-45(48(42)56-47(41)30-39)55-44-18-8-7-16-40(44)43-28-35-14-5-6-15-36(35)29-46(43)55/h1-30H. The van der Waals surface area contributed by atoms with Crippen molar-refractivity contribution >= 4 is 85.6 Å². The number of hydrogen-bond donors (Lipinski definition) is 0. The van der Waals surface area contributed by atoms with E-state index in [1.165, 1.54) is 69.2 Å². The van der Waals surface area contributed by atoms with E-state index in [1.54, 1.807) is 0 Å². The third kappa shape index (κ3) is 4.88. The molecule has 0 N–H and O–H groups in total. The van der Waals surface area contributed by atoms with E-state index in [-0.39, 0.29) is 0 Å². The fraction of sp³-hybridized carbons (Fsp3) is 0. The topological polar surface area (TPSA) is 43.6 Å². The lowest BCUT2D eigenvalue weighted by Crippen LogP contribution is -2.00. The first-order chi connectivity index (χ1) is 27.7. The lowest BCUT2D eigenvalue weighted by molar-refractivity contribution is 1.08. The van der Waals surface area contributed by atoms with Gasteiger partial charge >= 0.3 is 0 Å². The number of aromatic nitrogens is 4. The molecule has 0 atom stereocenters. The van der Waals surface area contributed by atoms with Gasteiger partial charge < -0.3 is 4.57 Å². The average molecular weight is 731 g/mol. The highest BCUT2D eigenvalue weighted by Gasteiger charge is 2.19. The van der Waals surface area contributed by atoms with E-state index in [2.05, 4.69) is 187 Å². The minimum Gasteiger partial charge on any atom is -0.308 e. The molecule has 12 rings (SSSR count). The van der Waals surface area contributed by atoms with Crippen LogP contribution in [0.15, 0.2) is 182 Å². The van der Waals surface area contributed by atoms with Gasteiger partial charge in [0.2, 0.25) is 0 Å². The zero-order chi connectivity index (χ0) is 36.7. The van der Waals surface area contributed by atoms with Crippen LogP contribution in [-0.2, 0) is 0 Å². The number of rotatable bonds is 4. The fourth-order valence-corrected chi connectivity index (χ4v) is 9.68. The summed E-state index contributed by atoms with van der Waals surface area (Å²) in [5.74, 6) is 1.96. The van der Waals surface area contributed by atoms with Gasteiger partial charge in [-0.15, -0.1) is 11.3 Å². The van der Waals surface area contributed by atoms with Gasteiger partial charge in [0.1, 0.15) is 0 Å². The fourth-order valence-electron chi connectivity index (χ4n) is 8.43. The first kappa shape index (κ1) is 31.2. The summed E-state index contributed by atoms with van der Waals surface area (Å²) in [6.07, 6.45) is 0. The van der Waals surface area contributed by atoms with Crippen molar-refractivity contribution in [3.8, 4) is 39.9 Å². The third-order valence-corrected chi connectivity index (χ3v) is 12.4. The summed E-state index contributed by atoms with van der Waals surface area (Å²) >= 11 is 1.83. The first-order valence-electron chi connectivity index (χ1n) is 18.8. The van der Waals surface area contributed by atoms with E-state index in [4.69, 9.17) is 15.0 Å². The molecule has 0 amide bonds. The van der Waals surface area contributed by atoms with Crippen LogP contribution in [-0.4, -0.2) is 19.5 Å². The normalized spacial score (nSPS) is 11.9. The zero-order valence-corrected chi connectivity index (χ0v) is 30.8. The molecule has 4 nitrogen and oxygen atoms in total. The summed E-state index contributed by atoms with van der Waals surface area (Å²) < 4.78 is 4.89. The molecule has 0 spiro atoms. The molecule has 0 aliphatic heterocycles. The lowest BCUT2D eigenvalue weighted by atomic mass is 10.1. The van der Waals surface area contributed by atoms with E-state index in [0.717, 1.165) is 27.5 Å². The summed E-state index contributed by atoms with van der Waals surface area (Å²) in [7, 11) is 0. The minimum absolute atomic E-state index is 0.653. The van der Waals surface area contributed by atoms with E-state index in [0.29, 0.717) is 17.5 Å². The molecule has 3 aromatic heterocycles. The molecular formula is C51H30N4S. The van der Waals surface area contributed by atoms with Gasteiger partial charge in [0, 0.05) is 42.9 Å². The smallest absolute Gasteiger partial charge is 0.164 e. The van der Waals surface area contributed by atoms with E-state index in [9.17, 15) is 0 Å². The molecule has 0 aliphatic rings. The molecule has 9 aromatic carbocycles. The van der Waals surface area contributed by atoms with Crippen molar-refractivity contribution in [3.05, 3.63) is 182 Å². The Bertz CT molecular complexity index is 3460. The second kappa shape index (κ2) is 12.2. The van der Waals surface area contributed by atoms with Crippen LogP contribution in [0.5, 0.6) is 0 Å². The molecule has 0 saturated heterocycles. The highest BCUT2D eigenvalue weighted by molar-refractivity contribution is 7.26. The number of thiophene rings is 1. The Morgan fingerprint density at radius 1 is 0.339 bits per heavy atom. The Kier molecular flexibility index (Phi) is 6.76. The molecule has 12 aromatic rings. The molecule has 0 radical (unpaired) electrons. The predicted molar refractivity (Wildman–Crippen MR) is 236 cm³/mol. The highest BCUT2D eigenvalue weighted by atomic mass is 32.1. The van der Waals surface area contributed by atoms with Crippen LogP contribution in [0.4, 0.5) is 0 Å². The molecule has 0 bridgehead atoms. The maximum absolute atomic E-state index is 5.16. The van der Waals surface area contributed by atoms with Crippen LogP contribution < -0.4 is 0 Å². The van der Waals surface area contributed by atoms with Gasteiger partial charge in [-0.25, -0.2) is 15.0 Å². The van der Waals surface area contributed by atoms with Crippen LogP contribution in [0.3, 0.4) is 0 Å². The van der Waals surface area contributed by atoms with Crippen LogP contribution in [0.1, 0.15) is 0 Å². The lowest BCUT2D eigenvalue weighted by Gasteiger charge is -2.10. The molecule has 5 heteroatoms. The third-order valence-electron chi connectivity index (χ3n) is 11.2. The molecule has 56 heavy (non-hydrogen) atoms. The molecule has 0 fully saturated rings. The second-order valence-corrected chi connectivity index (χ2v) is 15.5. The average Bonchev–Trinajstić information content (AvgIpc) is 3.80. The Hall–Kier alpha value is -7.21. The van der Waals surface area contributed by atoms with Gasteiger partial charge in [0.05, 0.1) is 21.4 Å². The largest absolute Gasteiger partial charge is 0.308 e. The SMILES string of the molecule is c1ccc2cc(-c3nc(-c4ccc5ccccc5c4)nc(-c4ccc5c(c4)sc4c(-n6c7ccccc7c7cc8ccccc8cc76)cccc45)n3)ccc2c1. The molecular weight excluding hydrogens is 701 g/mol. The number of hydrogen-bond acceptors (Lipinski definition) is 4. The summed E-state index contributed by atoms with van der Waals surface area (Å²) in [6.45, 7) is 0. The van der Waals surface area contributed by atoms with Crippen LogP contribution in [0.25, 0.3) is 114 Å². The van der Waals surface area contributed by atoms with E-state index >= 15 is 0 Å². The number of para-hydroxylation sites is 1. The van der Waals surface area contributed by atoms with Gasteiger partial charge in [-0.1, -0.05) is 140 Å². The second-order valence-electron chi connectivity index (χ2n) is 14.5. The number of nitrogens with zero attached hydrogens (tertiary/aromatic N) is 4.